The van der Waals surface area contributed by atoms with Gasteiger partial charge in [0, 0.05) is 24.4 Å². The Morgan fingerprint density at radius 1 is 1.48 bits per heavy atom. The van der Waals surface area contributed by atoms with Gasteiger partial charge in [-0.25, -0.2) is 0 Å². The predicted octanol–water partition coefficient (Wildman–Crippen LogP) is 2.50. The molecule has 8 heteroatoms. The first-order chi connectivity index (χ1) is 9.85. The molecule has 0 bridgehead atoms. The van der Waals surface area contributed by atoms with Crippen LogP contribution in [-0.4, -0.2) is 21.7 Å². The van der Waals surface area contributed by atoms with Crippen LogP contribution in [0.5, 0.6) is 0 Å². The van der Waals surface area contributed by atoms with E-state index >= 15 is 0 Å². The minimum Gasteiger partial charge on any atom is -0.398 e. The number of nitrogens with zero attached hydrogens (tertiary/aromatic N) is 3. The Labute approximate surface area is 121 Å². The molecule has 2 rings (SSSR count). The summed E-state index contributed by atoms with van der Waals surface area (Å²) in [6.45, 7) is 5.97. The Morgan fingerprint density at radius 2 is 2.19 bits per heavy atom. The smallest absolute Gasteiger partial charge is 0.270 e. The van der Waals surface area contributed by atoms with Gasteiger partial charge in [-0.1, -0.05) is 5.16 Å². The number of non-ortho nitro benzene ring substituents is 1. The molecule has 0 atom stereocenters. The molecule has 0 saturated heterocycles. The number of benzene rings is 1. The topological polar surface area (TPSA) is 117 Å². The summed E-state index contributed by atoms with van der Waals surface area (Å²) in [6.07, 6.45) is 0. The van der Waals surface area contributed by atoms with Crippen LogP contribution in [0.4, 0.5) is 11.4 Å². The summed E-state index contributed by atoms with van der Waals surface area (Å²) in [7, 11) is 0. The van der Waals surface area contributed by atoms with E-state index in [-0.39, 0.29) is 11.6 Å². The molecule has 0 unspecified atom stereocenters. The fourth-order valence-electron chi connectivity index (χ4n) is 1.85. The average Bonchev–Trinajstić information content (AvgIpc) is 2.89. The van der Waals surface area contributed by atoms with Gasteiger partial charge in [-0.05, 0) is 26.8 Å². The molecule has 0 aliphatic carbocycles. The molecule has 0 saturated carbocycles. The highest BCUT2D eigenvalue weighted by Gasteiger charge is 2.28. The zero-order chi connectivity index (χ0) is 15.6. The molecule has 2 aromatic rings. The zero-order valence-electron chi connectivity index (χ0n) is 12.0. The summed E-state index contributed by atoms with van der Waals surface area (Å²) in [5.41, 5.74) is 5.66. The van der Waals surface area contributed by atoms with Crippen LogP contribution in [0.2, 0.25) is 0 Å². The van der Waals surface area contributed by atoms with E-state index in [0.29, 0.717) is 23.7 Å². The SMILES string of the molecule is CCOC(C)(C)c1noc(-c2cc([N+](=O)[O-])ccc2N)n1. The molecule has 0 amide bonds. The molecule has 1 aromatic carbocycles. The van der Waals surface area contributed by atoms with Gasteiger partial charge in [0.15, 0.2) is 0 Å². The Morgan fingerprint density at radius 3 is 2.81 bits per heavy atom. The molecule has 1 heterocycles. The molecule has 0 fully saturated rings. The van der Waals surface area contributed by atoms with E-state index in [4.69, 9.17) is 15.0 Å². The highest BCUT2D eigenvalue weighted by Crippen LogP contribution is 2.30. The number of nitrogens with two attached hydrogens (primary N) is 1. The lowest BCUT2D eigenvalue weighted by Crippen LogP contribution is -2.23. The van der Waals surface area contributed by atoms with Crippen LogP contribution in [0, 0.1) is 10.1 Å². The maximum absolute atomic E-state index is 10.8. The summed E-state index contributed by atoms with van der Waals surface area (Å²) in [6, 6.07) is 4.06. The average molecular weight is 292 g/mol. The van der Waals surface area contributed by atoms with E-state index in [1.807, 2.05) is 20.8 Å². The molecule has 0 spiro atoms. The first-order valence-electron chi connectivity index (χ1n) is 6.37. The zero-order valence-corrected chi connectivity index (χ0v) is 12.0. The van der Waals surface area contributed by atoms with Crippen molar-refractivity contribution in [3.8, 4) is 11.5 Å². The van der Waals surface area contributed by atoms with Gasteiger partial charge in [-0.15, -0.1) is 0 Å². The fraction of sp³-hybridized carbons (Fsp3) is 0.385. The van der Waals surface area contributed by atoms with E-state index in [9.17, 15) is 10.1 Å². The molecule has 8 nitrogen and oxygen atoms in total. The van der Waals surface area contributed by atoms with Gasteiger partial charge < -0.3 is 15.0 Å². The maximum atomic E-state index is 10.8. The van der Waals surface area contributed by atoms with Crippen LogP contribution in [0.15, 0.2) is 22.7 Å². The number of rotatable bonds is 5. The molecule has 0 radical (unpaired) electrons. The normalized spacial score (nSPS) is 11.6. The largest absolute Gasteiger partial charge is 0.398 e. The lowest BCUT2D eigenvalue weighted by Gasteiger charge is -2.19. The van der Waals surface area contributed by atoms with Crippen molar-refractivity contribution in [1.82, 2.24) is 10.1 Å². The Kier molecular flexibility index (Phi) is 3.90. The second kappa shape index (κ2) is 5.49. The van der Waals surface area contributed by atoms with Gasteiger partial charge in [-0.3, -0.25) is 10.1 Å². The summed E-state index contributed by atoms with van der Waals surface area (Å²) in [4.78, 5) is 14.5. The minimum atomic E-state index is -0.716. The first-order valence-corrected chi connectivity index (χ1v) is 6.37. The monoisotopic (exact) mass is 292 g/mol. The highest BCUT2D eigenvalue weighted by atomic mass is 16.6. The van der Waals surface area contributed by atoms with Gasteiger partial charge in [0.25, 0.3) is 11.6 Å². The highest BCUT2D eigenvalue weighted by molar-refractivity contribution is 5.73. The van der Waals surface area contributed by atoms with Crippen LogP contribution in [0.1, 0.15) is 26.6 Å². The number of nitro groups is 1. The van der Waals surface area contributed by atoms with E-state index in [2.05, 4.69) is 10.1 Å². The summed E-state index contributed by atoms with van der Waals surface area (Å²) >= 11 is 0. The lowest BCUT2D eigenvalue weighted by molar-refractivity contribution is -0.384. The maximum Gasteiger partial charge on any atom is 0.270 e. The predicted molar refractivity (Wildman–Crippen MR) is 75.5 cm³/mol. The molecule has 21 heavy (non-hydrogen) atoms. The van der Waals surface area contributed by atoms with Crippen molar-refractivity contribution < 1.29 is 14.2 Å². The molecule has 112 valence electrons. The van der Waals surface area contributed by atoms with Crippen molar-refractivity contribution in [2.75, 3.05) is 12.3 Å². The van der Waals surface area contributed by atoms with Gasteiger partial charge in [0.1, 0.15) is 5.60 Å². The number of aromatic nitrogens is 2. The van der Waals surface area contributed by atoms with Crippen molar-refractivity contribution in [2.45, 2.75) is 26.4 Å². The van der Waals surface area contributed by atoms with Crippen LogP contribution in [0.25, 0.3) is 11.5 Å². The lowest BCUT2D eigenvalue weighted by atomic mass is 10.1. The quantitative estimate of drug-likeness (QED) is 0.511. The van der Waals surface area contributed by atoms with Crippen molar-refractivity contribution in [3.63, 3.8) is 0 Å². The minimum absolute atomic E-state index is 0.0944. The van der Waals surface area contributed by atoms with Crippen molar-refractivity contribution in [1.29, 1.82) is 0 Å². The fourth-order valence-corrected chi connectivity index (χ4v) is 1.85. The van der Waals surface area contributed by atoms with Crippen molar-refractivity contribution in [3.05, 3.63) is 34.1 Å². The molecular formula is C13H16N4O4. The Balaban J connectivity index is 2.42. The summed E-state index contributed by atoms with van der Waals surface area (Å²) < 4.78 is 10.7. The molecule has 0 aliphatic heterocycles. The number of hydrogen-bond acceptors (Lipinski definition) is 7. The number of nitro benzene ring substituents is 1. The second-order valence-electron chi connectivity index (χ2n) is 4.90. The van der Waals surface area contributed by atoms with Crippen LogP contribution in [-0.2, 0) is 10.3 Å². The van der Waals surface area contributed by atoms with Gasteiger partial charge in [-0.2, -0.15) is 4.98 Å². The molecular weight excluding hydrogens is 276 g/mol. The first kappa shape index (κ1) is 14.9. The van der Waals surface area contributed by atoms with Gasteiger partial charge in [0.2, 0.25) is 5.82 Å². The number of hydrogen-bond donors (Lipinski definition) is 1. The molecule has 1 aromatic heterocycles. The van der Waals surface area contributed by atoms with E-state index in [0.717, 1.165) is 0 Å². The summed E-state index contributed by atoms with van der Waals surface area (Å²) in [5, 5.41) is 14.7. The summed E-state index contributed by atoms with van der Waals surface area (Å²) in [5.74, 6) is 0.476. The van der Waals surface area contributed by atoms with E-state index in [1.165, 1.54) is 18.2 Å². The van der Waals surface area contributed by atoms with Gasteiger partial charge in [0.05, 0.1) is 10.5 Å². The standard InChI is InChI=1S/C13H16N4O4/c1-4-20-13(2,3)12-15-11(21-16-12)9-7-8(17(18)19)5-6-10(9)14/h5-7H,4,14H2,1-3H3. The second-order valence-corrected chi connectivity index (χ2v) is 4.90. The van der Waals surface area contributed by atoms with E-state index < -0.39 is 10.5 Å². The molecule has 2 N–H and O–H groups in total. The van der Waals surface area contributed by atoms with Gasteiger partial charge >= 0.3 is 0 Å². The van der Waals surface area contributed by atoms with Crippen molar-refractivity contribution >= 4 is 11.4 Å². The van der Waals surface area contributed by atoms with Crippen LogP contribution >= 0.6 is 0 Å². The Hall–Kier alpha value is -2.48. The Bertz CT molecular complexity index is 666. The van der Waals surface area contributed by atoms with E-state index in [1.54, 1.807) is 0 Å². The van der Waals surface area contributed by atoms with Crippen molar-refractivity contribution in [2.24, 2.45) is 0 Å². The number of ether oxygens (including phenoxy) is 1. The molecule has 0 aliphatic rings. The van der Waals surface area contributed by atoms with Crippen LogP contribution in [0.3, 0.4) is 0 Å². The van der Waals surface area contributed by atoms with Crippen LogP contribution < -0.4 is 5.73 Å². The number of nitrogen functional groups attached to an aromatic ring is 1. The third-order valence-electron chi connectivity index (χ3n) is 2.95. The third kappa shape index (κ3) is 3.00. The number of anilines is 1. The third-order valence-corrected chi connectivity index (χ3v) is 2.95.